The van der Waals surface area contributed by atoms with Crippen LogP contribution >= 0.6 is 23.7 Å². The molecule has 0 aliphatic heterocycles. The molecular formula is C9H14ClN3O3S. The van der Waals surface area contributed by atoms with Gasteiger partial charge in [-0.2, -0.15) is 0 Å². The van der Waals surface area contributed by atoms with Crippen LogP contribution in [0.4, 0.5) is 5.00 Å². The molecule has 0 saturated heterocycles. The highest BCUT2D eigenvalue weighted by Crippen LogP contribution is 2.25. The molecule has 6 nitrogen and oxygen atoms in total. The Morgan fingerprint density at radius 1 is 1.65 bits per heavy atom. The Hall–Kier alpha value is -1.18. The van der Waals surface area contributed by atoms with E-state index in [1.54, 1.807) is 7.05 Å². The molecule has 96 valence electrons. The van der Waals surface area contributed by atoms with Crippen LogP contribution < -0.4 is 5.73 Å². The predicted octanol–water partition coefficient (Wildman–Crippen LogP) is 1.50. The third-order valence-electron chi connectivity index (χ3n) is 2.31. The molecule has 1 aromatic heterocycles. The van der Waals surface area contributed by atoms with Crippen LogP contribution in [0.15, 0.2) is 12.1 Å². The van der Waals surface area contributed by atoms with E-state index in [1.807, 2.05) is 6.92 Å². The summed E-state index contributed by atoms with van der Waals surface area (Å²) in [4.78, 5) is 23.6. The van der Waals surface area contributed by atoms with E-state index in [0.717, 1.165) is 11.3 Å². The molecule has 1 aromatic rings. The number of thiophene rings is 1. The van der Waals surface area contributed by atoms with Gasteiger partial charge in [0, 0.05) is 25.7 Å². The first-order valence-electron chi connectivity index (χ1n) is 4.68. The van der Waals surface area contributed by atoms with Gasteiger partial charge in [0.05, 0.1) is 9.80 Å². The van der Waals surface area contributed by atoms with E-state index in [-0.39, 0.29) is 29.4 Å². The van der Waals surface area contributed by atoms with Gasteiger partial charge in [-0.25, -0.2) is 0 Å². The molecule has 1 rings (SSSR count). The zero-order valence-corrected chi connectivity index (χ0v) is 11.1. The second-order valence-electron chi connectivity index (χ2n) is 3.40. The molecule has 1 amide bonds. The summed E-state index contributed by atoms with van der Waals surface area (Å²) in [5, 5.41) is 10.4. The number of carbonyl (C=O) groups excluding carboxylic acids is 1. The van der Waals surface area contributed by atoms with Gasteiger partial charge in [-0.05, 0) is 13.0 Å². The van der Waals surface area contributed by atoms with Crippen molar-refractivity contribution in [1.82, 2.24) is 4.90 Å². The lowest BCUT2D eigenvalue weighted by Crippen LogP contribution is -2.39. The molecule has 0 radical (unpaired) electrons. The Kier molecular flexibility index (Phi) is 6.08. The van der Waals surface area contributed by atoms with Crippen molar-refractivity contribution < 1.29 is 9.72 Å². The monoisotopic (exact) mass is 279 g/mol. The Labute approximate surface area is 109 Å². The molecule has 0 saturated carbocycles. The summed E-state index contributed by atoms with van der Waals surface area (Å²) in [6.07, 6.45) is 0. The summed E-state index contributed by atoms with van der Waals surface area (Å²) in [5.41, 5.74) is 5.44. The SMILES string of the molecule is CC(CN)N(C)C(=O)c1ccc([N+](=O)[O-])s1.Cl. The third-order valence-corrected chi connectivity index (χ3v) is 3.33. The highest BCUT2D eigenvalue weighted by molar-refractivity contribution is 7.17. The van der Waals surface area contributed by atoms with E-state index in [4.69, 9.17) is 5.73 Å². The quantitative estimate of drug-likeness (QED) is 0.668. The second kappa shape index (κ2) is 6.53. The molecule has 2 N–H and O–H groups in total. The number of nitrogens with two attached hydrogens (primary N) is 1. The van der Waals surface area contributed by atoms with E-state index >= 15 is 0 Å². The topological polar surface area (TPSA) is 89.5 Å². The molecule has 0 fully saturated rings. The first-order chi connectivity index (χ1) is 7.47. The van der Waals surface area contributed by atoms with Gasteiger partial charge in [0.25, 0.3) is 5.91 Å². The number of hydrogen-bond donors (Lipinski definition) is 1. The van der Waals surface area contributed by atoms with Crippen molar-refractivity contribution in [3.63, 3.8) is 0 Å². The lowest BCUT2D eigenvalue weighted by atomic mass is 10.3. The Balaban J connectivity index is 0.00000256. The summed E-state index contributed by atoms with van der Waals surface area (Å²) in [7, 11) is 1.63. The third kappa shape index (κ3) is 3.65. The highest BCUT2D eigenvalue weighted by atomic mass is 35.5. The van der Waals surface area contributed by atoms with Crippen LogP contribution in [-0.4, -0.2) is 35.4 Å². The molecule has 0 bridgehead atoms. The average Bonchev–Trinajstić information content (AvgIpc) is 2.75. The minimum atomic E-state index is -0.506. The van der Waals surface area contributed by atoms with Gasteiger partial charge in [0.15, 0.2) is 0 Å². The fourth-order valence-corrected chi connectivity index (χ4v) is 1.88. The minimum Gasteiger partial charge on any atom is -0.337 e. The normalized spacial score (nSPS) is 11.5. The van der Waals surface area contributed by atoms with E-state index in [9.17, 15) is 14.9 Å². The number of likely N-dealkylation sites (N-methyl/N-ethyl adjacent to an activating group) is 1. The number of halogens is 1. The molecule has 0 aliphatic rings. The number of nitro groups is 1. The number of rotatable bonds is 4. The molecule has 0 spiro atoms. The van der Waals surface area contributed by atoms with Crippen molar-refractivity contribution in [1.29, 1.82) is 0 Å². The van der Waals surface area contributed by atoms with Crippen LogP contribution in [0.1, 0.15) is 16.6 Å². The van der Waals surface area contributed by atoms with Gasteiger partial charge >= 0.3 is 5.00 Å². The van der Waals surface area contributed by atoms with Crippen LogP contribution in [0.2, 0.25) is 0 Å². The fraction of sp³-hybridized carbons (Fsp3) is 0.444. The van der Waals surface area contributed by atoms with Gasteiger partial charge in [0.1, 0.15) is 0 Å². The maximum atomic E-state index is 11.8. The van der Waals surface area contributed by atoms with E-state index in [2.05, 4.69) is 0 Å². The molecule has 1 atom stereocenters. The van der Waals surface area contributed by atoms with Crippen molar-refractivity contribution in [2.45, 2.75) is 13.0 Å². The predicted molar refractivity (Wildman–Crippen MR) is 68.8 cm³/mol. The van der Waals surface area contributed by atoms with Crippen molar-refractivity contribution in [3.8, 4) is 0 Å². The van der Waals surface area contributed by atoms with Gasteiger partial charge in [0.2, 0.25) is 0 Å². The Morgan fingerprint density at radius 3 is 2.65 bits per heavy atom. The van der Waals surface area contributed by atoms with Gasteiger partial charge < -0.3 is 10.6 Å². The fourth-order valence-electron chi connectivity index (χ4n) is 1.07. The van der Waals surface area contributed by atoms with E-state index in [0.29, 0.717) is 11.4 Å². The molecule has 8 heteroatoms. The van der Waals surface area contributed by atoms with Crippen LogP contribution in [0.3, 0.4) is 0 Å². The van der Waals surface area contributed by atoms with E-state index < -0.39 is 4.92 Å². The van der Waals surface area contributed by atoms with Crippen LogP contribution in [-0.2, 0) is 0 Å². The van der Waals surface area contributed by atoms with Crippen LogP contribution in [0.5, 0.6) is 0 Å². The van der Waals surface area contributed by atoms with Crippen molar-refractivity contribution in [2.24, 2.45) is 5.73 Å². The molecule has 17 heavy (non-hydrogen) atoms. The number of hydrogen-bond acceptors (Lipinski definition) is 5. The molecule has 1 unspecified atom stereocenters. The lowest BCUT2D eigenvalue weighted by Gasteiger charge is -2.22. The van der Waals surface area contributed by atoms with Gasteiger partial charge in [-0.3, -0.25) is 14.9 Å². The highest BCUT2D eigenvalue weighted by Gasteiger charge is 2.20. The van der Waals surface area contributed by atoms with Crippen molar-refractivity contribution in [2.75, 3.05) is 13.6 Å². The molecule has 1 heterocycles. The summed E-state index contributed by atoms with van der Waals surface area (Å²) >= 11 is 0.874. The van der Waals surface area contributed by atoms with Crippen LogP contribution in [0.25, 0.3) is 0 Å². The number of nitrogens with zero attached hydrogens (tertiary/aromatic N) is 2. The zero-order chi connectivity index (χ0) is 12.3. The van der Waals surface area contributed by atoms with Gasteiger partial charge in [-0.1, -0.05) is 11.3 Å². The molecule has 0 aromatic carbocycles. The lowest BCUT2D eigenvalue weighted by molar-refractivity contribution is -0.380. The Morgan fingerprint density at radius 2 is 2.24 bits per heavy atom. The largest absolute Gasteiger partial charge is 0.337 e. The summed E-state index contributed by atoms with van der Waals surface area (Å²) in [6, 6.07) is 2.71. The number of amides is 1. The average molecular weight is 280 g/mol. The maximum Gasteiger partial charge on any atom is 0.324 e. The minimum absolute atomic E-state index is 0. The van der Waals surface area contributed by atoms with Crippen molar-refractivity contribution >= 4 is 34.7 Å². The van der Waals surface area contributed by atoms with Crippen molar-refractivity contribution in [3.05, 3.63) is 27.1 Å². The Bertz CT molecular complexity index is 410. The zero-order valence-electron chi connectivity index (χ0n) is 9.45. The summed E-state index contributed by atoms with van der Waals surface area (Å²) in [5.74, 6) is -0.240. The number of carbonyl (C=O) groups is 1. The smallest absolute Gasteiger partial charge is 0.324 e. The van der Waals surface area contributed by atoms with E-state index in [1.165, 1.54) is 17.0 Å². The second-order valence-corrected chi connectivity index (χ2v) is 4.46. The summed E-state index contributed by atoms with van der Waals surface area (Å²) in [6.45, 7) is 2.18. The summed E-state index contributed by atoms with van der Waals surface area (Å²) < 4.78 is 0. The maximum absolute atomic E-state index is 11.8. The first kappa shape index (κ1) is 15.8. The molecule has 0 aliphatic carbocycles. The van der Waals surface area contributed by atoms with Gasteiger partial charge in [-0.15, -0.1) is 12.4 Å². The molecular weight excluding hydrogens is 266 g/mol. The standard InChI is InChI=1S/C9H13N3O3S.ClH/c1-6(5-10)11(2)9(13)7-3-4-8(16-7)12(14)15;/h3-4,6H,5,10H2,1-2H3;1H. The van der Waals surface area contributed by atoms with Crippen LogP contribution in [0, 0.1) is 10.1 Å². The first-order valence-corrected chi connectivity index (χ1v) is 5.50.